The Morgan fingerprint density at radius 1 is 1.29 bits per heavy atom. The highest BCUT2D eigenvalue weighted by Crippen LogP contribution is 2.47. The number of nitrogens with one attached hydrogen (secondary N) is 1. The van der Waals surface area contributed by atoms with Crippen LogP contribution >= 0.6 is 0 Å². The fourth-order valence-electron chi connectivity index (χ4n) is 4.81. The van der Waals surface area contributed by atoms with Gasteiger partial charge in [-0.15, -0.1) is 0 Å². The summed E-state index contributed by atoms with van der Waals surface area (Å²) < 4.78 is 20.2. The molecule has 8 heteroatoms. The predicted octanol–water partition coefficient (Wildman–Crippen LogP) is 4.03. The van der Waals surface area contributed by atoms with Crippen LogP contribution in [0.3, 0.4) is 0 Å². The van der Waals surface area contributed by atoms with E-state index in [2.05, 4.69) is 10.3 Å². The van der Waals surface area contributed by atoms with Crippen LogP contribution in [0.4, 0.5) is 14.9 Å². The van der Waals surface area contributed by atoms with Crippen molar-refractivity contribution in [1.29, 1.82) is 0 Å². The van der Waals surface area contributed by atoms with Crippen LogP contribution in [0.15, 0.2) is 36.4 Å². The summed E-state index contributed by atoms with van der Waals surface area (Å²) >= 11 is 0. The van der Waals surface area contributed by atoms with Crippen molar-refractivity contribution in [2.75, 3.05) is 25.5 Å². The van der Waals surface area contributed by atoms with Gasteiger partial charge in [-0.3, -0.25) is 4.79 Å². The molecule has 1 unspecified atom stereocenters. The van der Waals surface area contributed by atoms with Crippen molar-refractivity contribution in [3.8, 4) is 5.88 Å². The normalized spacial score (nSPS) is 21.0. The topological polar surface area (TPSA) is 91.8 Å². The Hall–Kier alpha value is -3.16. The lowest BCUT2D eigenvalue weighted by molar-refractivity contribution is -0.120. The van der Waals surface area contributed by atoms with Crippen LogP contribution in [-0.2, 0) is 10.2 Å². The molecular formula is C23H26FN3O4. The molecule has 7 nitrogen and oxygen atoms in total. The number of likely N-dealkylation sites (tertiary alicyclic amines) is 1. The SMILES string of the molecule is COc1ccc2c(n1)C(CCCC1CCN(C(=O)O)CC1)(c1ccccc1F)C(=O)N2. The molecule has 2 N–H and O–H groups in total. The van der Waals surface area contributed by atoms with E-state index < -0.39 is 17.3 Å². The van der Waals surface area contributed by atoms with E-state index in [9.17, 15) is 14.0 Å². The van der Waals surface area contributed by atoms with E-state index in [0.29, 0.717) is 54.7 Å². The number of benzene rings is 1. The lowest BCUT2D eigenvalue weighted by atomic mass is 9.73. The molecule has 1 fully saturated rings. The highest BCUT2D eigenvalue weighted by atomic mass is 19.1. The van der Waals surface area contributed by atoms with Gasteiger partial charge in [-0.25, -0.2) is 14.2 Å². The minimum absolute atomic E-state index is 0.283. The minimum Gasteiger partial charge on any atom is -0.481 e. The van der Waals surface area contributed by atoms with Crippen LogP contribution in [0.1, 0.15) is 43.4 Å². The first-order valence-corrected chi connectivity index (χ1v) is 10.6. The van der Waals surface area contributed by atoms with Crippen LogP contribution in [0.5, 0.6) is 5.88 Å². The number of methoxy groups -OCH3 is 1. The minimum atomic E-state index is -1.23. The number of pyridine rings is 1. The van der Waals surface area contributed by atoms with Gasteiger partial charge in [0.05, 0.1) is 18.5 Å². The zero-order valence-electron chi connectivity index (χ0n) is 17.4. The summed E-state index contributed by atoms with van der Waals surface area (Å²) in [6, 6.07) is 9.76. The van der Waals surface area contributed by atoms with E-state index in [0.717, 1.165) is 19.3 Å². The van der Waals surface area contributed by atoms with Crippen molar-refractivity contribution in [2.24, 2.45) is 5.92 Å². The number of hydrogen-bond acceptors (Lipinski definition) is 4. The zero-order chi connectivity index (χ0) is 22.0. The maximum atomic E-state index is 14.9. The molecule has 164 valence electrons. The summed E-state index contributed by atoms with van der Waals surface area (Å²) in [5.74, 6) is 0.0337. The second-order valence-corrected chi connectivity index (χ2v) is 8.19. The average Bonchev–Trinajstić information content (AvgIpc) is 3.05. The lowest BCUT2D eigenvalue weighted by Crippen LogP contribution is -2.38. The quantitative estimate of drug-likeness (QED) is 0.726. The number of rotatable bonds is 6. The van der Waals surface area contributed by atoms with E-state index >= 15 is 0 Å². The van der Waals surface area contributed by atoms with Crippen LogP contribution < -0.4 is 10.1 Å². The van der Waals surface area contributed by atoms with Gasteiger partial charge in [0.1, 0.15) is 11.2 Å². The molecule has 0 spiro atoms. The Morgan fingerprint density at radius 2 is 2.03 bits per heavy atom. The number of carbonyl (C=O) groups is 2. The summed E-state index contributed by atoms with van der Waals surface area (Å²) in [6.07, 6.45) is 2.66. The van der Waals surface area contributed by atoms with Crippen molar-refractivity contribution < 1.29 is 23.8 Å². The van der Waals surface area contributed by atoms with E-state index in [1.54, 1.807) is 30.3 Å². The number of anilines is 1. The lowest BCUT2D eigenvalue weighted by Gasteiger charge is -2.31. The number of hydrogen-bond donors (Lipinski definition) is 2. The third-order valence-electron chi connectivity index (χ3n) is 6.50. The van der Waals surface area contributed by atoms with Crippen molar-refractivity contribution in [2.45, 2.75) is 37.5 Å². The largest absolute Gasteiger partial charge is 0.481 e. The number of halogens is 1. The van der Waals surface area contributed by atoms with Gasteiger partial charge in [0.15, 0.2) is 0 Å². The number of piperidine rings is 1. The van der Waals surface area contributed by atoms with Gasteiger partial charge >= 0.3 is 6.09 Å². The second-order valence-electron chi connectivity index (χ2n) is 8.19. The molecule has 2 amide bonds. The molecule has 31 heavy (non-hydrogen) atoms. The van der Waals surface area contributed by atoms with Crippen molar-refractivity contribution in [3.05, 3.63) is 53.5 Å². The van der Waals surface area contributed by atoms with E-state index in [1.807, 2.05) is 0 Å². The molecule has 0 saturated carbocycles. The number of carbonyl (C=O) groups excluding carboxylic acids is 1. The fourth-order valence-corrected chi connectivity index (χ4v) is 4.81. The maximum Gasteiger partial charge on any atom is 0.407 e. The summed E-state index contributed by atoms with van der Waals surface area (Å²) in [5.41, 5.74) is 0.149. The number of fused-ring (bicyclic) bond motifs is 1. The van der Waals surface area contributed by atoms with Gasteiger partial charge in [-0.1, -0.05) is 31.0 Å². The highest BCUT2D eigenvalue weighted by Gasteiger charge is 2.51. The molecule has 0 aliphatic carbocycles. The van der Waals surface area contributed by atoms with Gasteiger partial charge in [0.2, 0.25) is 11.8 Å². The predicted molar refractivity (Wildman–Crippen MR) is 113 cm³/mol. The number of nitrogens with zero attached hydrogens (tertiary/aromatic N) is 2. The van der Waals surface area contributed by atoms with Gasteiger partial charge in [-0.2, -0.15) is 0 Å². The molecule has 2 aliphatic heterocycles. The summed E-state index contributed by atoms with van der Waals surface area (Å²) in [4.78, 5) is 30.4. The van der Waals surface area contributed by atoms with E-state index in [4.69, 9.17) is 9.84 Å². The summed E-state index contributed by atoms with van der Waals surface area (Å²) in [7, 11) is 1.51. The number of amides is 2. The van der Waals surface area contributed by atoms with Crippen LogP contribution in [0.25, 0.3) is 0 Å². The molecule has 0 bridgehead atoms. The number of ether oxygens (including phenoxy) is 1. The number of aromatic nitrogens is 1. The van der Waals surface area contributed by atoms with Gasteiger partial charge in [0.25, 0.3) is 0 Å². The molecule has 3 heterocycles. The standard InChI is InChI=1S/C23H26FN3O4/c1-31-19-9-8-18-20(26-19)23(21(28)25-18,16-6-2-3-7-17(16)24)12-4-5-15-10-13-27(14-11-15)22(29)30/h2-3,6-9,15H,4-5,10-14H2,1H3,(H,25,28)(H,29,30). The zero-order valence-corrected chi connectivity index (χ0v) is 17.4. The Kier molecular flexibility index (Phi) is 5.80. The van der Waals surface area contributed by atoms with Gasteiger partial charge < -0.3 is 20.1 Å². The molecule has 1 saturated heterocycles. The molecular weight excluding hydrogens is 401 g/mol. The Bertz CT molecular complexity index is 991. The molecule has 1 atom stereocenters. The fraction of sp³-hybridized carbons (Fsp3) is 0.435. The molecule has 4 rings (SSSR count). The highest BCUT2D eigenvalue weighted by molar-refractivity contribution is 6.08. The monoisotopic (exact) mass is 427 g/mol. The summed E-state index contributed by atoms with van der Waals surface area (Å²) in [6.45, 7) is 1.06. The molecule has 0 radical (unpaired) electrons. The first kappa shape index (κ1) is 21.1. The van der Waals surface area contributed by atoms with Crippen molar-refractivity contribution >= 4 is 17.7 Å². The van der Waals surface area contributed by atoms with E-state index in [1.165, 1.54) is 18.1 Å². The Labute approximate surface area is 180 Å². The average molecular weight is 427 g/mol. The third kappa shape index (κ3) is 3.82. The Balaban J connectivity index is 1.60. The van der Waals surface area contributed by atoms with Crippen LogP contribution in [0.2, 0.25) is 0 Å². The Morgan fingerprint density at radius 3 is 2.71 bits per heavy atom. The first-order chi connectivity index (χ1) is 15.0. The molecule has 1 aromatic carbocycles. The molecule has 2 aliphatic rings. The third-order valence-corrected chi connectivity index (χ3v) is 6.50. The van der Waals surface area contributed by atoms with Crippen molar-refractivity contribution in [1.82, 2.24) is 9.88 Å². The van der Waals surface area contributed by atoms with Gasteiger partial charge in [0, 0.05) is 24.7 Å². The van der Waals surface area contributed by atoms with Crippen LogP contribution in [0, 0.1) is 11.7 Å². The summed E-state index contributed by atoms with van der Waals surface area (Å²) in [5, 5.41) is 12.0. The first-order valence-electron chi connectivity index (χ1n) is 10.6. The maximum absolute atomic E-state index is 14.9. The molecule has 1 aromatic heterocycles. The van der Waals surface area contributed by atoms with Crippen molar-refractivity contribution in [3.63, 3.8) is 0 Å². The smallest absolute Gasteiger partial charge is 0.407 e. The van der Waals surface area contributed by atoms with E-state index in [-0.39, 0.29) is 5.91 Å². The van der Waals surface area contributed by atoms with Gasteiger partial charge in [-0.05, 0) is 37.3 Å². The molecule has 2 aromatic rings. The second kappa shape index (κ2) is 8.53. The number of carboxylic acid groups (broad SMARTS) is 1. The van der Waals surface area contributed by atoms with Crippen LogP contribution in [-0.4, -0.2) is 47.2 Å².